The number of nitrogens with zero attached hydrogens (tertiary/aromatic N) is 2. The van der Waals surface area contributed by atoms with Crippen LogP contribution in [0.5, 0.6) is 0 Å². The summed E-state index contributed by atoms with van der Waals surface area (Å²) in [7, 11) is 1.83. The summed E-state index contributed by atoms with van der Waals surface area (Å²) < 4.78 is 0. The van der Waals surface area contributed by atoms with Crippen LogP contribution in [0.2, 0.25) is 0 Å². The van der Waals surface area contributed by atoms with Crippen molar-refractivity contribution in [2.75, 3.05) is 18.5 Å². The third-order valence-corrected chi connectivity index (χ3v) is 3.30. The predicted molar refractivity (Wildman–Crippen MR) is 73.9 cm³/mol. The first-order valence-electron chi connectivity index (χ1n) is 6.34. The number of hydrogen-bond acceptors (Lipinski definition) is 5. The molecule has 2 N–H and O–H groups in total. The Morgan fingerprint density at radius 3 is 2.90 bits per heavy atom. The van der Waals surface area contributed by atoms with Gasteiger partial charge in [-0.25, -0.2) is 0 Å². The first-order chi connectivity index (χ1) is 9.56. The maximum Gasteiger partial charge on any atom is 0.249 e. The van der Waals surface area contributed by atoms with Crippen LogP contribution >= 0.6 is 0 Å². The molecule has 1 atom stereocenters. The molecule has 1 aliphatic heterocycles. The maximum absolute atomic E-state index is 11.7. The molecule has 20 heavy (non-hydrogen) atoms. The summed E-state index contributed by atoms with van der Waals surface area (Å²) in [6.45, 7) is 2.45. The molecule has 0 spiro atoms. The Hall–Kier alpha value is -2.39. The number of carbonyl (C=O) groups excluding carboxylic acids is 2. The molecule has 1 unspecified atom stereocenters. The number of benzene rings is 1. The quantitative estimate of drug-likeness (QED) is 0.764. The lowest BCUT2D eigenvalue weighted by Gasteiger charge is -2.34. The predicted octanol–water partition coefficient (Wildman–Crippen LogP) is 0.129. The Balaban J connectivity index is 2.38. The molecule has 0 saturated carbocycles. The van der Waals surface area contributed by atoms with Crippen molar-refractivity contribution < 1.29 is 9.59 Å². The summed E-state index contributed by atoms with van der Waals surface area (Å²) in [4.78, 5) is 24.9. The second-order valence-corrected chi connectivity index (χ2v) is 4.71. The number of imide groups is 1. The zero-order valence-corrected chi connectivity index (χ0v) is 11.4. The number of piperazine rings is 1. The molecule has 1 aliphatic rings. The lowest BCUT2D eigenvalue weighted by Crippen LogP contribution is -2.57. The van der Waals surface area contributed by atoms with Crippen LogP contribution in [0.15, 0.2) is 18.2 Å². The molecule has 0 bridgehead atoms. The van der Waals surface area contributed by atoms with Crippen molar-refractivity contribution in [1.82, 2.24) is 10.6 Å². The van der Waals surface area contributed by atoms with Gasteiger partial charge >= 0.3 is 0 Å². The van der Waals surface area contributed by atoms with E-state index in [1.165, 1.54) is 0 Å². The highest BCUT2D eigenvalue weighted by Gasteiger charge is 2.31. The zero-order chi connectivity index (χ0) is 14.7. The molecule has 6 nitrogen and oxygen atoms in total. The Labute approximate surface area is 117 Å². The molecule has 0 radical (unpaired) electrons. The summed E-state index contributed by atoms with van der Waals surface area (Å²) in [6, 6.07) is 7.10. The molecule has 6 heteroatoms. The standard InChI is InChI=1S/C14H16N4O2/c1-9-14(20)17-13(19)8-18(9)12-4-3-10(7-16-2)5-11(12)6-15/h3-5,9,16H,7-8H2,1-2H3,(H,17,19,20). The Morgan fingerprint density at radius 1 is 1.50 bits per heavy atom. The number of anilines is 1. The van der Waals surface area contributed by atoms with Gasteiger partial charge in [-0.15, -0.1) is 0 Å². The minimum absolute atomic E-state index is 0.0764. The number of nitrogens with one attached hydrogen (secondary N) is 2. The van der Waals surface area contributed by atoms with Crippen LogP contribution in [0.3, 0.4) is 0 Å². The van der Waals surface area contributed by atoms with Crippen molar-refractivity contribution in [2.45, 2.75) is 19.5 Å². The lowest BCUT2D eigenvalue weighted by atomic mass is 10.1. The van der Waals surface area contributed by atoms with Crippen LogP contribution in [0.4, 0.5) is 5.69 Å². The number of nitriles is 1. The van der Waals surface area contributed by atoms with Crippen molar-refractivity contribution in [3.8, 4) is 6.07 Å². The Morgan fingerprint density at radius 2 is 2.25 bits per heavy atom. The van der Waals surface area contributed by atoms with Gasteiger partial charge in [-0.2, -0.15) is 5.26 Å². The minimum Gasteiger partial charge on any atom is -0.349 e. The van der Waals surface area contributed by atoms with Crippen LogP contribution in [-0.4, -0.2) is 31.4 Å². The molecule has 0 aromatic heterocycles. The molecule has 1 fully saturated rings. The van der Waals surface area contributed by atoms with Gasteiger partial charge in [0.2, 0.25) is 11.8 Å². The van der Waals surface area contributed by atoms with Gasteiger partial charge in [0.05, 0.1) is 17.8 Å². The van der Waals surface area contributed by atoms with E-state index < -0.39 is 6.04 Å². The summed E-state index contributed by atoms with van der Waals surface area (Å²) in [6.07, 6.45) is 0. The molecule has 2 rings (SSSR count). The SMILES string of the molecule is CNCc1ccc(N2CC(=O)NC(=O)C2C)c(C#N)c1. The van der Waals surface area contributed by atoms with Crippen molar-refractivity contribution in [3.05, 3.63) is 29.3 Å². The number of hydrogen-bond donors (Lipinski definition) is 2. The highest BCUT2D eigenvalue weighted by molar-refractivity contribution is 6.04. The highest BCUT2D eigenvalue weighted by Crippen LogP contribution is 2.24. The Kier molecular flexibility index (Phi) is 4.01. The maximum atomic E-state index is 11.7. The van der Waals surface area contributed by atoms with Gasteiger partial charge < -0.3 is 10.2 Å². The van der Waals surface area contributed by atoms with E-state index in [1.807, 2.05) is 13.1 Å². The average Bonchev–Trinajstić information content (AvgIpc) is 2.43. The third-order valence-electron chi connectivity index (χ3n) is 3.30. The molecule has 1 aromatic rings. The highest BCUT2D eigenvalue weighted by atomic mass is 16.2. The Bertz CT molecular complexity index is 591. The second-order valence-electron chi connectivity index (χ2n) is 4.71. The van der Waals surface area contributed by atoms with E-state index in [-0.39, 0.29) is 18.4 Å². The summed E-state index contributed by atoms with van der Waals surface area (Å²) in [5.41, 5.74) is 2.06. The molecule has 2 amide bonds. The van der Waals surface area contributed by atoms with E-state index in [0.29, 0.717) is 17.8 Å². The number of carbonyl (C=O) groups is 2. The lowest BCUT2D eigenvalue weighted by molar-refractivity contribution is -0.132. The molecular formula is C14H16N4O2. The smallest absolute Gasteiger partial charge is 0.249 e. The molecule has 104 valence electrons. The van der Waals surface area contributed by atoms with Gasteiger partial charge in [-0.1, -0.05) is 6.07 Å². The molecule has 1 aromatic carbocycles. The van der Waals surface area contributed by atoms with E-state index in [0.717, 1.165) is 5.56 Å². The average molecular weight is 272 g/mol. The fourth-order valence-corrected chi connectivity index (χ4v) is 2.25. The first kappa shape index (κ1) is 14.0. The van der Waals surface area contributed by atoms with E-state index in [9.17, 15) is 14.9 Å². The number of rotatable bonds is 3. The summed E-state index contributed by atoms with van der Waals surface area (Å²) in [5, 5.41) is 14.6. The second kappa shape index (κ2) is 5.72. The van der Waals surface area contributed by atoms with Gasteiger partial charge in [-0.05, 0) is 31.7 Å². The third kappa shape index (κ3) is 2.63. The van der Waals surface area contributed by atoms with E-state index in [2.05, 4.69) is 16.7 Å². The van der Waals surface area contributed by atoms with Crippen molar-refractivity contribution >= 4 is 17.5 Å². The molecule has 1 heterocycles. The molecular weight excluding hydrogens is 256 g/mol. The van der Waals surface area contributed by atoms with Crippen LogP contribution in [-0.2, 0) is 16.1 Å². The van der Waals surface area contributed by atoms with Crippen LogP contribution in [0, 0.1) is 11.3 Å². The summed E-state index contributed by atoms with van der Waals surface area (Å²) in [5.74, 6) is -0.694. The largest absolute Gasteiger partial charge is 0.349 e. The van der Waals surface area contributed by atoms with Gasteiger partial charge in [-0.3, -0.25) is 14.9 Å². The van der Waals surface area contributed by atoms with E-state index in [1.54, 1.807) is 24.0 Å². The fourth-order valence-electron chi connectivity index (χ4n) is 2.25. The first-order valence-corrected chi connectivity index (χ1v) is 6.34. The van der Waals surface area contributed by atoms with Crippen LogP contribution < -0.4 is 15.5 Å². The summed E-state index contributed by atoms with van der Waals surface area (Å²) >= 11 is 0. The normalized spacial score (nSPS) is 18.6. The van der Waals surface area contributed by atoms with Gasteiger partial charge in [0.15, 0.2) is 0 Å². The minimum atomic E-state index is -0.477. The molecule has 0 aliphatic carbocycles. The fraction of sp³-hybridized carbons (Fsp3) is 0.357. The van der Waals surface area contributed by atoms with Crippen molar-refractivity contribution in [1.29, 1.82) is 5.26 Å². The zero-order valence-electron chi connectivity index (χ0n) is 11.4. The van der Waals surface area contributed by atoms with E-state index in [4.69, 9.17) is 0 Å². The molecule has 1 saturated heterocycles. The van der Waals surface area contributed by atoms with E-state index >= 15 is 0 Å². The topological polar surface area (TPSA) is 85.2 Å². The van der Waals surface area contributed by atoms with Crippen LogP contribution in [0.1, 0.15) is 18.1 Å². The monoisotopic (exact) mass is 272 g/mol. The van der Waals surface area contributed by atoms with Crippen molar-refractivity contribution in [3.63, 3.8) is 0 Å². The van der Waals surface area contributed by atoms with Gasteiger partial charge in [0, 0.05) is 6.54 Å². The van der Waals surface area contributed by atoms with Gasteiger partial charge in [0.25, 0.3) is 0 Å². The van der Waals surface area contributed by atoms with Gasteiger partial charge in [0.1, 0.15) is 12.1 Å². The van der Waals surface area contributed by atoms with Crippen molar-refractivity contribution in [2.24, 2.45) is 0 Å². The van der Waals surface area contributed by atoms with Crippen LogP contribution in [0.25, 0.3) is 0 Å². The number of amides is 2.